The largest absolute Gasteiger partial charge is 0.381 e. The Morgan fingerprint density at radius 3 is 2.62 bits per heavy atom. The number of amides is 1. The zero-order chi connectivity index (χ0) is 11.8. The molecule has 1 rings (SSSR count). The summed E-state index contributed by atoms with van der Waals surface area (Å²) in [4.78, 5) is 14.0. The molecule has 0 bridgehead atoms. The molecule has 0 aromatic carbocycles. The molecular formula is C12H24N2O2. The van der Waals surface area contributed by atoms with E-state index in [0.29, 0.717) is 25.7 Å². The van der Waals surface area contributed by atoms with Gasteiger partial charge in [0, 0.05) is 19.2 Å². The van der Waals surface area contributed by atoms with Crippen LogP contribution in [0.4, 0.5) is 0 Å². The van der Waals surface area contributed by atoms with Gasteiger partial charge in [0.25, 0.3) is 0 Å². The van der Waals surface area contributed by atoms with Crippen LogP contribution in [0.1, 0.15) is 33.1 Å². The molecule has 0 radical (unpaired) electrons. The molecule has 0 spiro atoms. The van der Waals surface area contributed by atoms with E-state index >= 15 is 0 Å². The minimum absolute atomic E-state index is 0.239. The Morgan fingerprint density at radius 2 is 2.06 bits per heavy atom. The van der Waals surface area contributed by atoms with E-state index in [1.165, 1.54) is 0 Å². The van der Waals surface area contributed by atoms with Crippen LogP contribution in [0.15, 0.2) is 0 Å². The Labute approximate surface area is 98.3 Å². The number of carbonyl (C=O) groups excluding carboxylic acids is 1. The summed E-state index contributed by atoms with van der Waals surface area (Å²) < 4.78 is 5.23. The van der Waals surface area contributed by atoms with Crippen LogP contribution in [0.5, 0.6) is 0 Å². The third kappa shape index (κ3) is 4.10. The van der Waals surface area contributed by atoms with Crippen LogP contribution >= 0.6 is 0 Å². The predicted molar refractivity (Wildman–Crippen MR) is 64.4 cm³/mol. The van der Waals surface area contributed by atoms with Crippen LogP contribution < -0.4 is 5.32 Å². The highest BCUT2D eigenvalue weighted by Gasteiger charge is 2.23. The second-order valence-electron chi connectivity index (χ2n) is 4.11. The molecule has 0 aromatic rings. The molecule has 0 atom stereocenters. The normalized spacial score (nSPS) is 17.4. The summed E-state index contributed by atoms with van der Waals surface area (Å²) in [6.45, 7) is 8.12. The van der Waals surface area contributed by atoms with Crippen molar-refractivity contribution >= 4 is 5.91 Å². The van der Waals surface area contributed by atoms with Gasteiger partial charge in [0.05, 0.1) is 13.0 Å². The number of carbonyl (C=O) groups is 1. The average Bonchev–Trinajstić information content (AvgIpc) is 2.32. The molecule has 1 fully saturated rings. The second kappa shape index (κ2) is 7.63. The molecule has 16 heavy (non-hydrogen) atoms. The fourth-order valence-corrected chi connectivity index (χ4v) is 2.20. The number of piperidine rings is 1. The van der Waals surface area contributed by atoms with Crippen LogP contribution in [0.3, 0.4) is 0 Å². The van der Waals surface area contributed by atoms with Crippen molar-refractivity contribution in [3.8, 4) is 0 Å². The van der Waals surface area contributed by atoms with Gasteiger partial charge in [-0.15, -0.1) is 0 Å². The molecule has 0 aliphatic carbocycles. The topological polar surface area (TPSA) is 41.6 Å². The number of rotatable bonds is 6. The maximum atomic E-state index is 12.0. The molecular weight excluding hydrogens is 204 g/mol. The molecule has 1 aliphatic heterocycles. The van der Waals surface area contributed by atoms with Gasteiger partial charge in [-0.25, -0.2) is 0 Å². The van der Waals surface area contributed by atoms with Gasteiger partial charge in [-0.1, -0.05) is 0 Å². The monoisotopic (exact) mass is 228 g/mol. The van der Waals surface area contributed by atoms with E-state index in [0.717, 1.165) is 32.5 Å². The summed E-state index contributed by atoms with van der Waals surface area (Å²) in [7, 11) is 0. The van der Waals surface area contributed by atoms with E-state index in [4.69, 9.17) is 4.74 Å². The first-order valence-corrected chi connectivity index (χ1v) is 6.37. The van der Waals surface area contributed by atoms with Crippen molar-refractivity contribution in [1.29, 1.82) is 0 Å². The molecule has 0 unspecified atom stereocenters. The minimum atomic E-state index is 0.239. The number of hydrogen-bond donors (Lipinski definition) is 1. The van der Waals surface area contributed by atoms with Gasteiger partial charge in [0.2, 0.25) is 5.91 Å². The van der Waals surface area contributed by atoms with Crippen molar-refractivity contribution in [2.24, 2.45) is 0 Å². The molecule has 0 saturated carbocycles. The lowest BCUT2D eigenvalue weighted by Crippen LogP contribution is -2.46. The smallest absolute Gasteiger partial charge is 0.225 e. The molecule has 1 aliphatic rings. The van der Waals surface area contributed by atoms with Gasteiger partial charge in [0.1, 0.15) is 0 Å². The van der Waals surface area contributed by atoms with Crippen LogP contribution in [-0.2, 0) is 9.53 Å². The number of nitrogens with zero attached hydrogens (tertiary/aromatic N) is 1. The summed E-state index contributed by atoms with van der Waals surface area (Å²) in [6.07, 6.45) is 2.67. The molecule has 4 nitrogen and oxygen atoms in total. The quantitative estimate of drug-likeness (QED) is 0.690. The van der Waals surface area contributed by atoms with E-state index in [1.54, 1.807) is 0 Å². The fourth-order valence-electron chi connectivity index (χ4n) is 2.20. The lowest BCUT2D eigenvalue weighted by atomic mass is 10.0. The van der Waals surface area contributed by atoms with Crippen LogP contribution in [0.2, 0.25) is 0 Å². The first-order chi connectivity index (χ1) is 7.79. The first-order valence-electron chi connectivity index (χ1n) is 6.37. The zero-order valence-electron chi connectivity index (χ0n) is 10.5. The molecule has 1 saturated heterocycles. The Hall–Kier alpha value is -0.610. The van der Waals surface area contributed by atoms with E-state index in [2.05, 4.69) is 12.2 Å². The summed E-state index contributed by atoms with van der Waals surface area (Å²) in [5.41, 5.74) is 0. The maximum absolute atomic E-state index is 12.0. The lowest BCUT2D eigenvalue weighted by molar-refractivity contribution is -0.134. The number of nitrogens with one attached hydrogen (secondary N) is 1. The van der Waals surface area contributed by atoms with E-state index < -0.39 is 0 Å². The molecule has 1 heterocycles. The number of hydrogen-bond acceptors (Lipinski definition) is 3. The van der Waals surface area contributed by atoms with E-state index in [9.17, 15) is 4.79 Å². The van der Waals surface area contributed by atoms with Gasteiger partial charge in [-0.2, -0.15) is 0 Å². The van der Waals surface area contributed by atoms with Crippen molar-refractivity contribution < 1.29 is 9.53 Å². The van der Waals surface area contributed by atoms with Crippen molar-refractivity contribution in [2.45, 2.75) is 39.2 Å². The Kier molecular flexibility index (Phi) is 6.42. The minimum Gasteiger partial charge on any atom is -0.381 e. The third-order valence-electron chi connectivity index (χ3n) is 3.07. The summed E-state index contributed by atoms with van der Waals surface area (Å²) in [5.74, 6) is 0.239. The highest BCUT2D eigenvalue weighted by Crippen LogP contribution is 2.12. The summed E-state index contributed by atoms with van der Waals surface area (Å²) >= 11 is 0. The van der Waals surface area contributed by atoms with E-state index in [-0.39, 0.29) is 5.91 Å². The maximum Gasteiger partial charge on any atom is 0.225 e. The van der Waals surface area contributed by atoms with E-state index in [1.807, 2.05) is 11.8 Å². The zero-order valence-corrected chi connectivity index (χ0v) is 10.5. The van der Waals surface area contributed by atoms with Gasteiger partial charge in [0.15, 0.2) is 0 Å². The van der Waals surface area contributed by atoms with Crippen molar-refractivity contribution in [2.75, 3.05) is 32.8 Å². The molecule has 1 amide bonds. The molecule has 94 valence electrons. The van der Waals surface area contributed by atoms with Gasteiger partial charge >= 0.3 is 0 Å². The highest BCUT2D eigenvalue weighted by atomic mass is 16.5. The van der Waals surface area contributed by atoms with Gasteiger partial charge in [-0.05, 0) is 39.8 Å². The molecule has 4 heteroatoms. The lowest BCUT2D eigenvalue weighted by Gasteiger charge is -2.34. The Balaban J connectivity index is 2.35. The molecule has 1 N–H and O–H groups in total. The van der Waals surface area contributed by atoms with Gasteiger partial charge in [-0.3, -0.25) is 4.79 Å². The van der Waals surface area contributed by atoms with Crippen molar-refractivity contribution in [3.63, 3.8) is 0 Å². The summed E-state index contributed by atoms with van der Waals surface area (Å²) in [6, 6.07) is 0.431. The number of ether oxygens (including phenoxy) is 1. The molecule has 0 aromatic heterocycles. The predicted octanol–water partition coefficient (Wildman–Crippen LogP) is 1.01. The fraction of sp³-hybridized carbons (Fsp3) is 0.917. The highest BCUT2D eigenvalue weighted by molar-refractivity contribution is 5.76. The second-order valence-corrected chi connectivity index (χ2v) is 4.11. The van der Waals surface area contributed by atoms with Crippen LogP contribution in [0.25, 0.3) is 0 Å². The standard InChI is InChI=1S/C12H24N2O2/c1-3-14(11-5-8-13-9-6-11)12(15)7-10-16-4-2/h11,13H,3-10H2,1-2H3. The van der Waals surface area contributed by atoms with Crippen LogP contribution in [-0.4, -0.2) is 49.7 Å². The Bertz CT molecular complexity index is 203. The SMILES string of the molecule is CCOCCC(=O)N(CC)C1CCNCC1. The van der Waals surface area contributed by atoms with Crippen LogP contribution in [0, 0.1) is 0 Å². The average molecular weight is 228 g/mol. The van der Waals surface area contributed by atoms with Gasteiger partial charge < -0.3 is 15.0 Å². The Morgan fingerprint density at radius 1 is 1.38 bits per heavy atom. The third-order valence-corrected chi connectivity index (χ3v) is 3.07. The first kappa shape index (κ1) is 13.5. The summed E-state index contributed by atoms with van der Waals surface area (Å²) in [5, 5.41) is 3.32. The van der Waals surface area contributed by atoms with Crippen molar-refractivity contribution in [3.05, 3.63) is 0 Å². The van der Waals surface area contributed by atoms with Crippen molar-refractivity contribution in [1.82, 2.24) is 10.2 Å².